The lowest BCUT2D eigenvalue weighted by Crippen LogP contribution is -2.35. The zero-order valence-corrected chi connectivity index (χ0v) is 11.9. The normalized spacial score (nSPS) is 9.90. The summed E-state index contributed by atoms with van der Waals surface area (Å²) in [5.41, 5.74) is 0.928. The zero-order chi connectivity index (χ0) is 15.0. The number of anilines is 1. The van der Waals surface area contributed by atoms with Crippen LogP contribution in [0, 0.1) is 0 Å². The van der Waals surface area contributed by atoms with Crippen molar-refractivity contribution in [2.45, 2.75) is 33.1 Å². The number of nitrogens with one attached hydrogen (secondary N) is 2. The lowest BCUT2D eigenvalue weighted by molar-refractivity contribution is -0.136. The van der Waals surface area contributed by atoms with Gasteiger partial charge in [0.15, 0.2) is 5.78 Å². The first kappa shape index (κ1) is 15.9. The van der Waals surface area contributed by atoms with Crippen LogP contribution in [0.1, 0.15) is 43.5 Å². The molecular weight excluding hydrogens is 256 g/mol. The number of amides is 2. The first-order valence-corrected chi connectivity index (χ1v) is 6.74. The van der Waals surface area contributed by atoms with Crippen LogP contribution in [0.25, 0.3) is 0 Å². The molecule has 0 unspecified atom stereocenters. The van der Waals surface area contributed by atoms with Crippen molar-refractivity contribution in [1.29, 1.82) is 0 Å². The Morgan fingerprint density at radius 1 is 1.10 bits per heavy atom. The Bertz CT molecular complexity index is 498. The quantitative estimate of drug-likeness (QED) is 0.475. The zero-order valence-electron chi connectivity index (χ0n) is 11.9. The van der Waals surface area contributed by atoms with Crippen LogP contribution in [-0.4, -0.2) is 24.1 Å². The Morgan fingerprint density at radius 2 is 1.85 bits per heavy atom. The summed E-state index contributed by atoms with van der Waals surface area (Å²) >= 11 is 0. The molecule has 0 fully saturated rings. The Morgan fingerprint density at radius 3 is 2.50 bits per heavy atom. The van der Waals surface area contributed by atoms with Gasteiger partial charge in [0.25, 0.3) is 0 Å². The summed E-state index contributed by atoms with van der Waals surface area (Å²) < 4.78 is 0. The van der Waals surface area contributed by atoms with Crippen molar-refractivity contribution in [3.8, 4) is 0 Å². The van der Waals surface area contributed by atoms with E-state index in [9.17, 15) is 14.4 Å². The predicted molar refractivity (Wildman–Crippen MR) is 77.6 cm³/mol. The third-order valence-electron chi connectivity index (χ3n) is 2.80. The van der Waals surface area contributed by atoms with Crippen molar-refractivity contribution in [2.24, 2.45) is 0 Å². The van der Waals surface area contributed by atoms with Crippen LogP contribution in [0.4, 0.5) is 5.69 Å². The van der Waals surface area contributed by atoms with E-state index < -0.39 is 11.8 Å². The van der Waals surface area contributed by atoms with E-state index in [-0.39, 0.29) is 5.78 Å². The van der Waals surface area contributed by atoms with Crippen molar-refractivity contribution in [2.75, 3.05) is 11.9 Å². The SMILES string of the molecule is CCCCCNC(=O)C(=O)Nc1cccc(C(C)=O)c1. The number of unbranched alkanes of at least 4 members (excludes halogenated alkanes) is 2. The molecule has 1 aromatic carbocycles. The maximum Gasteiger partial charge on any atom is 0.313 e. The molecule has 0 aliphatic carbocycles. The summed E-state index contributed by atoms with van der Waals surface area (Å²) in [5, 5.41) is 5.03. The second-order valence-corrected chi connectivity index (χ2v) is 4.55. The molecule has 0 saturated heterocycles. The largest absolute Gasteiger partial charge is 0.348 e. The Balaban J connectivity index is 2.51. The molecule has 0 aromatic heterocycles. The molecule has 0 bridgehead atoms. The maximum absolute atomic E-state index is 11.6. The van der Waals surface area contributed by atoms with Gasteiger partial charge in [0, 0.05) is 17.8 Å². The standard InChI is InChI=1S/C15H20N2O3/c1-3-4-5-9-16-14(19)15(20)17-13-8-6-7-12(10-13)11(2)18/h6-8,10H,3-5,9H2,1-2H3,(H,16,19)(H,17,20). The molecule has 1 aromatic rings. The highest BCUT2D eigenvalue weighted by atomic mass is 16.2. The number of Topliss-reactive ketones (excluding diaryl/α,β-unsaturated/α-hetero) is 1. The molecule has 0 aliphatic heterocycles. The number of carbonyl (C=O) groups is 3. The number of rotatable bonds is 6. The minimum atomic E-state index is -0.720. The topological polar surface area (TPSA) is 75.3 Å². The molecule has 2 amide bonds. The number of hydrogen-bond donors (Lipinski definition) is 2. The van der Waals surface area contributed by atoms with E-state index in [0.29, 0.717) is 17.8 Å². The van der Waals surface area contributed by atoms with Gasteiger partial charge in [-0.05, 0) is 25.5 Å². The van der Waals surface area contributed by atoms with Gasteiger partial charge in [-0.2, -0.15) is 0 Å². The monoisotopic (exact) mass is 276 g/mol. The van der Waals surface area contributed by atoms with Crippen LogP contribution < -0.4 is 10.6 Å². The third-order valence-corrected chi connectivity index (χ3v) is 2.80. The summed E-state index contributed by atoms with van der Waals surface area (Å²) in [6.07, 6.45) is 2.93. The summed E-state index contributed by atoms with van der Waals surface area (Å²) in [5.74, 6) is -1.47. The van der Waals surface area contributed by atoms with Gasteiger partial charge in [-0.15, -0.1) is 0 Å². The summed E-state index contributed by atoms with van der Waals surface area (Å²) in [7, 11) is 0. The van der Waals surface area contributed by atoms with Crippen LogP contribution in [0.5, 0.6) is 0 Å². The van der Waals surface area contributed by atoms with E-state index in [1.54, 1.807) is 24.3 Å². The third kappa shape index (κ3) is 5.22. The van der Waals surface area contributed by atoms with E-state index in [1.165, 1.54) is 6.92 Å². The number of ketones is 1. The van der Waals surface area contributed by atoms with Crippen molar-refractivity contribution in [3.05, 3.63) is 29.8 Å². The fourth-order valence-electron chi connectivity index (χ4n) is 1.66. The molecule has 20 heavy (non-hydrogen) atoms. The van der Waals surface area contributed by atoms with Crippen LogP contribution in [0.3, 0.4) is 0 Å². The summed E-state index contributed by atoms with van der Waals surface area (Å²) in [6.45, 7) is 4.01. The van der Waals surface area contributed by atoms with Gasteiger partial charge in [0.05, 0.1) is 0 Å². The van der Waals surface area contributed by atoms with Crippen LogP contribution in [0.2, 0.25) is 0 Å². The molecule has 108 valence electrons. The Labute approximate surface area is 118 Å². The van der Waals surface area contributed by atoms with Crippen molar-refractivity contribution >= 4 is 23.3 Å². The lowest BCUT2D eigenvalue weighted by atomic mass is 10.1. The molecule has 2 N–H and O–H groups in total. The fraction of sp³-hybridized carbons (Fsp3) is 0.400. The molecular formula is C15H20N2O3. The average molecular weight is 276 g/mol. The molecule has 0 aliphatic rings. The molecule has 0 spiro atoms. The molecule has 0 radical (unpaired) electrons. The average Bonchev–Trinajstić information content (AvgIpc) is 2.43. The van der Waals surface area contributed by atoms with Crippen LogP contribution >= 0.6 is 0 Å². The van der Waals surface area contributed by atoms with Crippen molar-refractivity contribution < 1.29 is 14.4 Å². The molecule has 1 rings (SSSR count). The summed E-state index contributed by atoms with van der Waals surface area (Å²) in [4.78, 5) is 34.4. The fourth-order valence-corrected chi connectivity index (χ4v) is 1.66. The molecule has 5 heteroatoms. The molecule has 0 atom stereocenters. The van der Waals surface area contributed by atoms with E-state index in [1.807, 2.05) is 0 Å². The van der Waals surface area contributed by atoms with E-state index in [2.05, 4.69) is 17.6 Å². The highest BCUT2D eigenvalue weighted by Crippen LogP contribution is 2.10. The van der Waals surface area contributed by atoms with Gasteiger partial charge in [-0.3, -0.25) is 14.4 Å². The number of carbonyl (C=O) groups excluding carboxylic acids is 3. The van der Waals surface area contributed by atoms with Gasteiger partial charge >= 0.3 is 11.8 Å². The van der Waals surface area contributed by atoms with Gasteiger partial charge in [0.1, 0.15) is 0 Å². The van der Waals surface area contributed by atoms with Crippen LogP contribution in [0.15, 0.2) is 24.3 Å². The number of hydrogen-bond acceptors (Lipinski definition) is 3. The molecule has 0 heterocycles. The second-order valence-electron chi connectivity index (χ2n) is 4.55. The maximum atomic E-state index is 11.6. The Kier molecular flexibility index (Phi) is 6.43. The van der Waals surface area contributed by atoms with E-state index >= 15 is 0 Å². The minimum absolute atomic E-state index is 0.0925. The summed E-state index contributed by atoms with van der Waals surface area (Å²) in [6, 6.07) is 6.49. The smallest absolute Gasteiger partial charge is 0.313 e. The number of benzene rings is 1. The highest BCUT2D eigenvalue weighted by molar-refractivity contribution is 6.39. The molecule has 5 nitrogen and oxygen atoms in total. The van der Waals surface area contributed by atoms with Crippen LogP contribution in [-0.2, 0) is 9.59 Å². The van der Waals surface area contributed by atoms with Crippen molar-refractivity contribution in [1.82, 2.24) is 5.32 Å². The van der Waals surface area contributed by atoms with Gasteiger partial charge in [-0.25, -0.2) is 0 Å². The minimum Gasteiger partial charge on any atom is -0.348 e. The first-order chi connectivity index (χ1) is 9.54. The van der Waals surface area contributed by atoms with Gasteiger partial charge in [0.2, 0.25) is 0 Å². The van der Waals surface area contributed by atoms with E-state index in [4.69, 9.17) is 0 Å². The van der Waals surface area contributed by atoms with Gasteiger partial charge in [-0.1, -0.05) is 31.9 Å². The highest BCUT2D eigenvalue weighted by Gasteiger charge is 2.13. The molecule has 0 saturated carbocycles. The predicted octanol–water partition coefficient (Wildman–Crippen LogP) is 2.13. The first-order valence-electron chi connectivity index (χ1n) is 6.74. The van der Waals surface area contributed by atoms with Gasteiger partial charge < -0.3 is 10.6 Å². The van der Waals surface area contributed by atoms with Crippen molar-refractivity contribution in [3.63, 3.8) is 0 Å². The second kappa shape index (κ2) is 8.09. The lowest BCUT2D eigenvalue weighted by Gasteiger charge is -2.07. The van der Waals surface area contributed by atoms with E-state index in [0.717, 1.165) is 19.3 Å². The Hall–Kier alpha value is -2.17.